The zero-order valence-electron chi connectivity index (χ0n) is 11.2. The van der Waals surface area contributed by atoms with Gasteiger partial charge in [0.2, 0.25) is 5.91 Å². The number of methoxy groups -OCH3 is 2. The quantitative estimate of drug-likeness (QED) is 0.892. The molecule has 0 aromatic heterocycles. The summed E-state index contributed by atoms with van der Waals surface area (Å²) in [7, 11) is 3.23. The number of carbonyl (C=O) groups is 1. The molecule has 2 rings (SSSR count). The molecule has 0 aliphatic carbocycles. The van der Waals surface area contributed by atoms with Gasteiger partial charge in [-0.2, -0.15) is 0 Å². The van der Waals surface area contributed by atoms with Gasteiger partial charge in [-0.1, -0.05) is 6.07 Å². The van der Waals surface area contributed by atoms with Crippen LogP contribution >= 0.6 is 0 Å². The van der Waals surface area contributed by atoms with Crippen LogP contribution in [0.5, 0.6) is 11.5 Å². The van der Waals surface area contributed by atoms with E-state index >= 15 is 0 Å². The summed E-state index contributed by atoms with van der Waals surface area (Å²) in [5, 5.41) is 3.00. The molecule has 4 nitrogen and oxygen atoms in total. The van der Waals surface area contributed by atoms with Crippen LogP contribution in [-0.4, -0.2) is 25.7 Å². The van der Waals surface area contributed by atoms with Crippen molar-refractivity contribution in [1.29, 1.82) is 0 Å². The predicted octanol–water partition coefficient (Wildman–Crippen LogP) is 2.09. The molecule has 1 aromatic carbocycles. The van der Waals surface area contributed by atoms with Crippen LogP contribution in [-0.2, 0) is 4.79 Å². The van der Waals surface area contributed by atoms with E-state index in [0.29, 0.717) is 17.9 Å². The summed E-state index contributed by atoms with van der Waals surface area (Å²) in [6.07, 6.45) is 0.516. The Morgan fingerprint density at radius 2 is 1.89 bits per heavy atom. The van der Waals surface area contributed by atoms with Gasteiger partial charge in [-0.3, -0.25) is 4.79 Å². The molecule has 1 N–H and O–H groups in total. The molecule has 0 bridgehead atoms. The number of hydrogen-bond donors (Lipinski definition) is 1. The van der Waals surface area contributed by atoms with Crippen LogP contribution in [0.4, 0.5) is 0 Å². The maximum atomic E-state index is 11.6. The van der Waals surface area contributed by atoms with E-state index in [1.54, 1.807) is 14.2 Å². The van der Waals surface area contributed by atoms with E-state index in [2.05, 4.69) is 5.32 Å². The van der Waals surface area contributed by atoms with Gasteiger partial charge in [-0.25, -0.2) is 0 Å². The largest absolute Gasteiger partial charge is 0.493 e. The van der Waals surface area contributed by atoms with E-state index in [0.717, 1.165) is 5.56 Å². The second-order valence-corrected chi connectivity index (χ2v) is 5.14. The fraction of sp³-hybridized carbons (Fsp3) is 0.500. The summed E-state index contributed by atoms with van der Waals surface area (Å²) in [5.41, 5.74) is 0.868. The van der Waals surface area contributed by atoms with Crippen molar-refractivity contribution in [3.05, 3.63) is 23.8 Å². The molecule has 0 radical (unpaired) electrons. The van der Waals surface area contributed by atoms with E-state index in [-0.39, 0.29) is 17.4 Å². The standard InChI is InChI=1S/C14H19NO3/c1-14(2)10(8-13(16)15-14)9-5-6-11(17-3)12(7-9)18-4/h5-7,10H,8H2,1-4H3,(H,15,16). The molecule has 1 atom stereocenters. The first-order chi connectivity index (χ1) is 8.47. The third-order valence-electron chi connectivity index (χ3n) is 3.53. The van der Waals surface area contributed by atoms with Crippen molar-refractivity contribution >= 4 is 5.91 Å². The topological polar surface area (TPSA) is 47.6 Å². The molecular formula is C14H19NO3. The van der Waals surface area contributed by atoms with Crippen LogP contribution in [0.1, 0.15) is 31.7 Å². The zero-order chi connectivity index (χ0) is 13.3. The summed E-state index contributed by atoms with van der Waals surface area (Å²) < 4.78 is 10.5. The SMILES string of the molecule is COc1ccc(C2CC(=O)NC2(C)C)cc1OC. The van der Waals surface area contributed by atoms with Crippen LogP contribution < -0.4 is 14.8 Å². The molecule has 0 spiro atoms. The molecule has 1 aliphatic rings. The fourth-order valence-corrected chi connectivity index (χ4v) is 2.54. The molecule has 18 heavy (non-hydrogen) atoms. The Morgan fingerprint density at radius 3 is 2.39 bits per heavy atom. The van der Waals surface area contributed by atoms with E-state index in [1.165, 1.54) is 0 Å². The van der Waals surface area contributed by atoms with Crippen molar-refractivity contribution in [2.45, 2.75) is 31.7 Å². The van der Waals surface area contributed by atoms with Gasteiger partial charge < -0.3 is 14.8 Å². The minimum Gasteiger partial charge on any atom is -0.493 e. The van der Waals surface area contributed by atoms with Gasteiger partial charge in [0.1, 0.15) is 0 Å². The molecule has 1 aliphatic heterocycles. The molecule has 0 saturated carbocycles. The van der Waals surface area contributed by atoms with Crippen molar-refractivity contribution in [2.75, 3.05) is 14.2 Å². The average Bonchev–Trinajstić information content (AvgIpc) is 2.61. The molecule has 98 valence electrons. The maximum Gasteiger partial charge on any atom is 0.221 e. The van der Waals surface area contributed by atoms with E-state index in [1.807, 2.05) is 32.0 Å². The highest BCUT2D eigenvalue weighted by molar-refractivity contribution is 5.81. The summed E-state index contributed by atoms with van der Waals surface area (Å²) >= 11 is 0. The summed E-state index contributed by atoms with van der Waals surface area (Å²) in [6.45, 7) is 4.08. The smallest absolute Gasteiger partial charge is 0.221 e. The molecule has 1 fully saturated rings. The minimum atomic E-state index is -0.226. The average molecular weight is 249 g/mol. The lowest BCUT2D eigenvalue weighted by Gasteiger charge is -2.27. The highest BCUT2D eigenvalue weighted by Crippen LogP contribution is 2.39. The third-order valence-corrected chi connectivity index (χ3v) is 3.53. The van der Waals surface area contributed by atoms with Gasteiger partial charge in [0, 0.05) is 17.9 Å². The number of ether oxygens (including phenoxy) is 2. The van der Waals surface area contributed by atoms with Crippen LogP contribution in [0.15, 0.2) is 18.2 Å². The number of nitrogens with one attached hydrogen (secondary N) is 1. The lowest BCUT2D eigenvalue weighted by atomic mass is 9.83. The van der Waals surface area contributed by atoms with Gasteiger partial charge in [-0.05, 0) is 31.5 Å². The van der Waals surface area contributed by atoms with Crippen LogP contribution in [0.25, 0.3) is 0 Å². The van der Waals surface area contributed by atoms with Crippen molar-refractivity contribution in [3.63, 3.8) is 0 Å². The van der Waals surface area contributed by atoms with Crippen molar-refractivity contribution in [2.24, 2.45) is 0 Å². The van der Waals surface area contributed by atoms with Crippen LogP contribution in [0, 0.1) is 0 Å². The van der Waals surface area contributed by atoms with Crippen LogP contribution in [0.3, 0.4) is 0 Å². The summed E-state index contributed by atoms with van der Waals surface area (Å²) in [6, 6.07) is 5.83. The van der Waals surface area contributed by atoms with Crippen molar-refractivity contribution in [3.8, 4) is 11.5 Å². The number of rotatable bonds is 3. The Kier molecular flexibility index (Phi) is 3.20. The Hall–Kier alpha value is -1.71. The van der Waals surface area contributed by atoms with Gasteiger partial charge >= 0.3 is 0 Å². The Balaban J connectivity index is 2.37. The van der Waals surface area contributed by atoms with E-state index < -0.39 is 0 Å². The second kappa shape index (κ2) is 4.52. The molecular weight excluding hydrogens is 230 g/mol. The summed E-state index contributed by atoms with van der Waals surface area (Å²) in [4.78, 5) is 11.6. The minimum absolute atomic E-state index is 0.0970. The van der Waals surface area contributed by atoms with Crippen LogP contribution in [0.2, 0.25) is 0 Å². The number of amides is 1. The van der Waals surface area contributed by atoms with E-state index in [4.69, 9.17) is 9.47 Å². The molecule has 1 unspecified atom stereocenters. The molecule has 1 heterocycles. The van der Waals surface area contributed by atoms with Gasteiger partial charge in [0.25, 0.3) is 0 Å². The van der Waals surface area contributed by atoms with Crippen molar-refractivity contribution in [1.82, 2.24) is 5.32 Å². The highest BCUT2D eigenvalue weighted by atomic mass is 16.5. The zero-order valence-corrected chi connectivity index (χ0v) is 11.2. The Bertz CT molecular complexity index is 468. The first kappa shape index (κ1) is 12.7. The molecule has 1 amide bonds. The van der Waals surface area contributed by atoms with Gasteiger partial charge in [0.15, 0.2) is 11.5 Å². The molecule has 1 aromatic rings. The fourth-order valence-electron chi connectivity index (χ4n) is 2.54. The monoisotopic (exact) mass is 249 g/mol. The molecule has 1 saturated heterocycles. The Labute approximate surface area is 107 Å². The lowest BCUT2D eigenvalue weighted by molar-refractivity contribution is -0.119. The van der Waals surface area contributed by atoms with Crippen molar-refractivity contribution < 1.29 is 14.3 Å². The highest BCUT2D eigenvalue weighted by Gasteiger charge is 2.40. The first-order valence-electron chi connectivity index (χ1n) is 6.01. The maximum absolute atomic E-state index is 11.6. The lowest BCUT2D eigenvalue weighted by Crippen LogP contribution is -2.38. The third kappa shape index (κ3) is 2.15. The van der Waals surface area contributed by atoms with Gasteiger partial charge in [0.05, 0.1) is 14.2 Å². The van der Waals surface area contributed by atoms with E-state index in [9.17, 15) is 4.79 Å². The first-order valence-corrected chi connectivity index (χ1v) is 6.01. The number of carbonyl (C=O) groups excluding carboxylic acids is 1. The number of benzene rings is 1. The number of hydrogen-bond acceptors (Lipinski definition) is 3. The summed E-state index contributed by atoms with van der Waals surface area (Å²) in [5.74, 6) is 1.66. The normalized spacial score (nSPS) is 21.6. The second-order valence-electron chi connectivity index (χ2n) is 5.14. The predicted molar refractivity (Wildman–Crippen MR) is 69.1 cm³/mol. The molecule has 4 heteroatoms. The Morgan fingerprint density at radius 1 is 1.22 bits per heavy atom. The van der Waals surface area contributed by atoms with Gasteiger partial charge in [-0.15, -0.1) is 0 Å².